The number of aliphatic hydroxyl groups excluding tert-OH is 5. The summed E-state index contributed by atoms with van der Waals surface area (Å²) in [6, 6.07) is 38.4. The zero-order valence-electron chi connectivity index (χ0n) is 75.4. The van der Waals surface area contributed by atoms with E-state index in [9.17, 15) is 121 Å². The van der Waals surface area contributed by atoms with Crippen LogP contribution in [-0.2, 0) is 38.2 Å². The molecule has 0 radical (unpaired) electrons. The summed E-state index contributed by atoms with van der Waals surface area (Å²) in [7, 11) is 0. The molecule has 29 nitrogen and oxygen atoms in total. The van der Waals surface area contributed by atoms with Crippen molar-refractivity contribution in [2.45, 2.75) is 185 Å². The number of unbranched alkanes of at least 4 members (excludes halogenated alkanes) is 13. The van der Waals surface area contributed by atoms with Gasteiger partial charge in [0.1, 0.15) is 24.5 Å². The average molecular weight is 2140 g/mol. The van der Waals surface area contributed by atoms with E-state index in [-0.39, 0.29) is 84.7 Å². The number of carbonyl (C=O) groups excluding carboxylic acids is 5. The van der Waals surface area contributed by atoms with Crippen LogP contribution in [0.5, 0.6) is 5.75 Å². The zero-order valence-corrected chi connectivity index (χ0v) is 78.5. The second kappa shape index (κ2) is 86.8. The number of nitrogens with two attached hydrogens (primary N) is 7. The van der Waals surface area contributed by atoms with Crippen LogP contribution in [0.15, 0.2) is 165 Å². The monoisotopic (exact) mass is 2140 g/mol. The number of alkyl halides is 22. The molecule has 9 aromatic rings. The molecule has 0 atom stereocenters. The van der Waals surface area contributed by atoms with E-state index in [4.69, 9.17) is 117 Å². The van der Waals surface area contributed by atoms with Gasteiger partial charge in [0, 0.05) is 114 Å². The summed E-state index contributed by atoms with van der Waals surface area (Å²) in [4.78, 5) is 81.3. The number of nitrogens with zero attached hydrogens (tertiary/aromatic N) is 7. The number of phenols is 1. The Labute approximate surface area is 817 Å². The van der Waals surface area contributed by atoms with Gasteiger partial charge in [0.25, 0.3) is 0 Å². The fraction of sp³-hybridized carbons (Fsp3) is 0.465. The number of fused-ring (bicyclic) bond motifs is 2. The number of halogens is 26. The molecule has 9 rings (SSSR count). The number of pyridine rings is 2. The number of aromatic hydroxyl groups is 1. The third-order valence-corrected chi connectivity index (χ3v) is 15.5. The second-order valence-electron chi connectivity index (χ2n) is 26.7. The molecule has 141 heavy (non-hydrogen) atoms. The highest BCUT2D eigenvalue weighted by Gasteiger charge is 2.58. The van der Waals surface area contributed by atoms with Crippen molar-refractivity contribution in [1.29, 1.82) is 0 Å². The Morgan fingerprint density at radius 3 is 1.18 bits per heavy atom. The highest BCUT2D eigenvalue weighted by molar-refractivity contribution is 6.64. The van der Waals surface area contributed by atoms with E-state index in [2.05, 4.69) is 54.1 Å². The summed E-state index contributed by atoms with van der Waals surface area (Å²) in [6.07, 6.45) is -7.87. The van der Waals surface area contributed by atoms with Crippen molar-refractivity contribution in [3.8, 4) is 17.1 Å². The van der Waals surface area contributed by atoms with Crippen molar-refractivity contribution in [3.05, 3.63) is 165 Å². The van der Waals surface area contributed by atoms with Gasteiger partial charge in [-0.25, -0.2) is 14.8 Å². The van der Waals surface area contributed by atoms with Gasteiger partial charge in [-0.1, -0.05) is 101 Å². The Morgan fingerprint density at radius 2 is 0.844 bits per heavy atom. The van der Waals surface area contributed by atoms with E-state index in [1.807, 2.05) is 91.1 Å². The Balaban J connectivity index is -0.000000350. The molecule has 0 aliphatic carbocycles. The lowest BCUT2D eigenvalue weighted by molar-refractivity contribution is -0.322. The number of rotatable bonds is 35. The molecule has 21 N–H and O–H groups in total. The van der Waals surface area contributed by atoms with Gasteiger partial charge in [-0.2, -0.15) is 67.6 Å². The van der Waals surface area contributed by atoms with Gasteiger partial charge in [0.2, 0.25) is 39.0 Å². The first kappa shape index (κ1) is 141. The molecule has 4 aromatic carbocycles. The number of carbonyl (C=O) groups is 5. The number of benzene rings is 4. The standard InChI is InChI=1S/C12H20Cl2O2.C10H16Cl2O2.C9H9N5.C9H8N2.C8H8N2.C6H7NO.C5H6F6O2.C5H9F3O2.C5H6N2.C4H5F3O3.C4H9FO.C4H5N3.C3H7FO.2CF4/c13-11(15)9-7-5-3-1-2-4-6-8-10-12(14)16;11-9(13)7-5-3-1-2-4-6-8-10(12)14;10-8-12-7(13-9(11)14-8)6-4-2-1-3-5-6;10-8-4-1-5-9-7(8)3-2-6-11-9;9-7-1-2-8-6(5-7)3-4-10-8;7-5-1-3-6(8)4-2-5;6-4(7,8)3(5(9,10)11)13-2-1-12;6-5(7,8)1-3-10-4-2-9;6-5-1-3-7-4-2-5;5-4(6,7)3(9)10-2-1-8;5-3-1-2-4-6;5-4-1-2-6-3-7-4;4-2-1-3-5;2*2-1(3,4)5/h1-10H2;1-8H2;1-5H,(H4,10,11,12,13,14);1-6H,10H2;1-5,10H,9H2;1-4,8H,7H2;3,12H,1-2H2;9H,1-4H2;1-4H,(H2,6,7);8H,1-2H2;6H,1-4H2;1-3H,(H2,5,6,7);5H,1-3H2;;. The SMILES string of the molecule is FC(F)(F)F.FC(F)(F)F.Nc1ccc(O)cc1.Nc1ccc2[nH]ccc2c1.Nc1cccc2ncccc12.Nc1ccncc1.Nc1ccncn1.Nc1nc(N)nc(-c2ccccc2)n1.O=C(Cl)CCCCCCCCC(=O)Cl.O=C(Cl)CCCCCCCCCCC(=O)Cl.O=C(OCCO)C(F)(F)F.OCCCCF.OCCCF.OCCOC(C(F)(F)F)C(F)(F)F.OCCOCCC(F)(F)F. The Hall–Kier alpha value is -11.0. The summed E-state index contributed by atoms with van der Waals surface area (Å²) in [5.41, 5.74) is 44.0. The van der Waals surface area contributed by atoms with Gasteiger partial charge in [0.05, 0.1) is 64.9 Å². The second-order valence-corrected chi connectivity index (χ2v) is 28.4. The molecule has 5 heterocycles. The molecule has 0 fully saturated rings. The lowest BCUT2D eigenvalue weighted by Crippen LogP contribution is -2.44. The highest BCUT2D eigenvalue weighted by atomic mass is 35.5. The van der Waals surface area contributed by atoms with Crippen LogP contribution in [0.4, 0.5) is 137 Å². The van der Waals surface area contributed by atoms with Crippen molar-refractivity contribution < 1.29 is 165 Å². The first-order chi connectivity index (χ1) is 65.9. The van der Waals surface area contributed by atoms with E-state index < -0.39 is 89.2 Å². The number of nitrogens with one attached hydrogen (secondary N) is 1. The van der Waals surface area contributed by atoms with E-state index in [0.29, 0.717) is 55.9 Å². The van der Waals surface area contributed by atoms with Gasteiger partial charge in [-0.15, -0.1) is 35.1 Å². The molecule has 0 bridgehead atoms. The van der Waals surface area contributed by atoms with E-state index in [0.717, 1.165) is 103 Å². The number of ether oxygens (including phenoxy) is 3. The summed E-state index contributed by atoms with van der Waals surface area (Å²) in [5, 5.41) is 49.8. The molecule has 0 amide bonds. The fourth-order valence-corrected chi connectivity index (χ4v) is 9.21. The van der Waals surface area contributed by atoms with Gasteiger partial charge < -0.3 is 90.0 Å². The van der Waals surface area contributed by atoms with Crippen molar-refractivity contribution in [2.24, 2.45) is 0 Å². The molecule has 55 heteroatoms. The van der Waals surface area contributed by atoms with Crippen molar-refractivity contribution in [2.75, 3.05) is 113 Å². The maximum Gasteiger partial charge on any atom is 0.559 e. The third-order valence-electron chi connectivity index (χ3n) is 14.8. The number of H-pyrrole nitrogens is 1. The number of nitrogen functional groups attached to an aromatic ring is 7. The molecule has 0 aliphatic rings. The number of hydrogen-bond donors (Lipinski definition) is 14. The molecule has 0 saturated heterocycles. The van der Waals surface area contributed by atoms with Gasteiger partial charge in [-0.3, -0.25) is 37.9 Å². The van der Waals surface area contributed by atoms with Gasteiger partial charge >= 0.3 is 43.5 Å². The van der Waals surface area contributed by atoms with Gasteiger partial charge in [0.15, 0.2) is 5.82 Å². The lowest BCUT2D eigenvalue weighted by Gasteiger charge is -2.22. The molecule has 0 aliphatic heterocycles. The number of phenolic OH excluding ortho intramolecular Hbond substituents is 1. The normalized spacial score (nSPS) is 10.5. The number of hydrogen-bond acceptors (Lipinski definition) is 28. The zero-order chi connectivity index (χ0) is 109. The molecule has 0 spiro atoms. The summed E-state index contributed by atoms with van der Waals surface area (Å²) >= 11 is 20.8. The summed E-state index contributed by atoms with van der Waals surface area (Å²) in [6.45, 7) is -4.41. The Bertz CT molecular complexity index is 4390. The van der Waals surface area contributed by atoms with Gasteiger partial charge in [-0.05, 0) is 182 Å². The minimum Gasteiger partial charge on any atom is -0.508 e. The molecule has 5 aromatic heterocycles. The van der Waals surface area contributed by atoms with E-state index in [1.165, 1.54) is 37.4 Å². The maximum atomic E-state index is 11.6. The molecule has 0 unspecified atom stereocenters. The van der Waals surface area contributed by atoms with Crippen LogP contribution in [0, 0.1) is 0 Å². The quantitative estimate of drug-likeness (QED) is 0.00438. The van der Waals surface area contributed by atoms with Crippen LogP contribution in [0.1, 0.15) is 141 Å². The predicted octanol–water partition coefficient (Wildman–Crippen LogP) is 20.6. The Morgan fingerprint density at radius 1 is 0.411 bits per heavy atom. The van der Waals surface area contributed by atoms with Crippen molar-refractivity contribution in [1.82, 2.24) is 39.9 Å². The van der Waals surface area contributed by atoms with Crippen LogP contribution in [0.3, 0.4) is 0 Å². The van der Waals surface area contributed by atoms with Crippen LogP contribution in [0.2, 0.25) is 0 Å². The number of anilines is 7. The number of esters is 1. The predicted molar refractivity (Wildman–Crippen MR) is 493 cm³/mol. The maximum absolute atomic E-state index is 11.6. The number of aliphatic hydroxyl groups is 5. The van der Waals surface area contributed by atoms with Crippen molar-refractivity contribution >= 4 is 136 Å². The van der Waals surface area contributed by atoms with E-state index >= 15 is 0 Å². The number of aromatic amines is 1. The minimum atomic E-state index is -5.51. The third kappa shape index (κ3) is 105. The van der Waals surface area contributed by atoms with Crippen LogP contribution < -0.4 is 40.1 Å². The van der Waals surface area contributed by atoms with Crippen LogP contribution in [-0.4, -0.2) is 214 Å². The highest BCUT2D eigenvalue weighted by Crippen LogP contribution is 2.36. The van der Waals surface area contributed by atoms with E-state index in [1.54, 1.807) is 67.3 Å². The average Bonchev–Trinajstić information content (AvgIpc) is 1.79. The number of aromatic nitrogens is 8. The smallest absolute Gasteiger partial charge is 0.508 e. The van der Waals surface area contributed by atoms with Crippen molar-refractivity contribution in [3.63, 3.8) is 0 Å². The lowest BCUT2D eigenvalue weighted by atomic mass is 10.1. The first-order valence-electron chi connectivity index (χ1n) is 41.4. The van der Waals surface area contributed by atoms with Crippen LogP contribution >= 0.6 is 46.4 Å². The first-order valence-corrected chi connectivity index (χ1v) is 42.9. The molecular weight excluding hydrogens is 2030 g/mol. The molecule has 800 valence electrons. The largest absolute Gasteiger partial charge is 0.559 e. The molecular formula is C86H115Cl4F22N15O14. The van der Waals surface area contributed by atoms with Crippen LogP contribution in [0.25, 0.3) is 33.2 Å². The summed E-state index contributed by atoms with van der Waals surface area (Å²) < 4.78 is 248. The fourth-order valence-electron chi connectivity index (χ4n) is 8.67. The molecule has 0 saturated carbocycles. The topological polar surface area (TPSA) is 523 Å². The Kier molecular flexibility index (Phi) is 86.6. The minimum absolute atomic E-state index is 0.0312. The summed E-state index contributed by atoms with van der Waals surface area (Å²) in [5.74, 6) is -0.751.